The molecule has 1 spiro atoms. The molecule has 2 aliphatic rings. The molecule has 6 nitrogen and oxygen atoms in total. The minimum absolute atomic E-state index is 0.103. The Morgan fingerprint density at radius 3 is 2.70 bits per heavy atom. The first-order chi connectivity index (χ1) is 11.0. The van der Waals surface area contributed by atoms with Gasteiger partial charge in [-0.1, -0.05) is 19.3 Å². The summed E-state index contributed by atoms with van der Waals surface area (Å²) in [4.78, 5) is 24.7. The van der Waals surface area contributed by atoms with Crippen molar-refractivity contribution < 1.29 is 4.79 Å². The molecular formula is C17H29N5O. The molecule has 1 saturated carbocycles. The number of nitrogens with zero attached hydrogens (tertiary/aromatic N) is 3. The predicted octanol–water partition coefficient (Wildman–Crippen LogP) is 1.10. The summed E-state index contributed by atoms with van der Waals surface area (Å²) >= 11 is 0. The molecule has 23 heavy (non-hydrogen) atoms. The second kappa shape index (κ2) is 6.61. The number of fused-ring (bicyclic) bond motifs is 2. The van der Waals surface area contributed by atoms with E-state index in [1.165, 1.54) is 19.3 Å². The van der Waals surface area contributed by atoms with Crippen LogP contribution in [0.2, 0.25) is 0 Å². The highest BCUT2D eigenvalue weighted by Gasteiger charge is 2.44. The summed E-state index contributed by atoms with van der Waals surface area (Å²) in [6, 6.07) is -0.145. The molecule has 2 N–H and O–H groups in total. The fraction of sp³-hybridized carbons (Fsp3) is 0.765. The number of rotatable bonds is 4. The van der Waals surface area contributed by atoms with Gasteiger partial charge in [0.05, 0.1) is 23.6 Å². The highest BCUT2D eigenvalue weighted by molar-refractivity contribution is 5.82. The van der Waals surface area contributed by atoms with Gasteiger partial charge < -0.3 is 14.8 Å². The number of aromatic amines is 1. The van der Waals surface area contributed by atoms with E-state index in [9.17, 15) is 4.79 Å². The Kier molecular flexibility index (Phi) is 4.73. The number of imidazole rings is 1. The first kappa shape index (κ1) is 16.5. The molecule has 1 atom stereocenters. The van der Waals surface area contributed by atoms with Crippen LogP contribution in [0.3, 0.4) is 0 Å². The Morgan fingerprint density at radius 1 is 1.26 bits per heavy atom. The van der Waals surface area contributed by atoms with Gasteiger partial charge in [-0.2, -0.15) is 0 Å². The number of aromatic nitrogens is 2. The largest absolute Gasteiger partial charge is 0.348 e. The number of carbonyl (C=O) groups is 1. The van der Waals surface area contributed by atoms with Crippen molar-refractivity contribution in [2.24, 2.45) is 0 Å². The number of nitrogens with one attached hydrogen (secondary N) is 2. The molecule has 0 radical (unpaired) electrons. The van der Waals surface area contributed by atoms with E-state index in [4.69, 9.17) is 0 Å². The Hall–Kier alpha value is -1.40. The quantitative estimate of drug-likeness (QED) is 0.872. The van der Waals surface area contributed by atoms with Gasteiger partial charge in [-0.3, -0.25) is 10.1 Å². The highest BCUT2D eigenvalue weighted by atomic mass is 16.2. The fourth-order valence-electron chi connectivity index (χ4n) is 3.96. The van der Waals surface area contributed by atoms with Crippen LogP contribution in [0.25, 0.3) is 0 Å². The predicted molar refractivity (Wildman–Crippen MR) is 90.2 cm³/mol. The molecule has 128 valence electrons. The number of amides is 1. The smallest absolute Gasteiger partial charge is 0.239 e. The first-order valence-corrected chi connectivity index (χ1v) is 8.72. The molecule has 1 aromatic rings. The molecule has 6 heteroatoms. The monoisotopic (exact) mass is 319 g/mol. The van der Waals surface area contributed by atoms with Gasteiger partial charge in [0.1, 0.15) is 0 Å². The molecule has 0 bridgehead atoms. The average Bonchev–Trinajstić information content (AvgIpc) is 3.02. The summed E-state index contributed by atoms with van der Waals surface area (Å²) in [5.74, 6) is 0.192. The van der Waals surface area contributed by atoms with E-state index in [-0.39, 0.29) is 17.5 Å². The van der Waals surface area contributed by atoms with Gasteiger partial charge in [0.25, 0.3) is 0 Å². The van der Waals surface area contributed by atoms with Crippen LogP contribution in [-0.2, 0) is 16.8 Å². The van der Waals surface area contributed by atoms with Crippen molar-refractivity contribution in [3.8, 4) is 0 Å². The van der Waals surface area contributed by atoms with Crippen molar-refractivity contribution in [2.45, 2.75) is 50.1 Å². The summed E-state index contributed by atoms with van der Waals surface area (Å²) in [6.45, 7) is 1.64. The minimum Gasteiger partial charge on any atom is -0.348 e. The second-order valence-electron chi connectivity index (χ2n) is 7.34. The van der Waals surface area contributed by atoms with E-state index in [2.05, 4.69) is 20.2 Å². The molecular weight excluding hydrogens is 290 g/mol. The Balaban J connectivity index is 1.76. The first-order valence-electron chi connectivity index (χ1n) is 8.72. The van der Waals surface area contributed by atoms with E-state index in [0.29, 0.717) is 6.42 Å². The summed E-state index contributed by atoms with van der Waals surface area (Å²) in [6.07, 6.45) is 8.34. The molecule has 0 saturated heterocycles. The van der Waals surface area contributed by atoms with Crippen molar-refractivity contribution in [1.29, 1.82) is 0 Å². The lowest BCUT2D eigenvalue weighted by Gasteiger charge is -2.44. The SMILES string of the molecule is CN(C)CCN(C)C(=O)C1Cc2[nH]cnc2C2(CCCCC2)N1. The lowest BCUT2D eigenvalue weighted by Crippen LogP contribution is -2.59. The van der Waals surface area contributed by atoms with E-state index in [0.717, 1.165) is 37.3 Å². The van der Waals surface area contributed by atoms with Crippen LogP contribution in [-0.4, -0.2) is 65.9 Å². The zero-order valence-corrected chi connectivity index (χ0v) is 14.6. The van der Waals surface area contributed by atoms with Crippen molar-refractivity contribution in [2.75, 3.05) is 34.2 Å². The normalized spacial score (nSPS) is 23.0. The van der Waals surface area contributed by atoms with Crippen molar-refractivity contribution in [3.05, 3.63) is 17.7 Å². The summed E-state index contributed by atoms with van der Waals surface area (Å²) in [5.41, 5.74) is 2.19. The van der Waals surface area contributed by atoms with Gasteiger partial charge >= 0.3 is 0 Å². The molecule has 1 unspecified atom stereocenters. The molecule has 1 fully saturated rings. The maximum Gasteiger partial charge on any atom is 0.239 e. The van der Waals surface area contributed by atoms with Gasteiger partial charge in [-0.05, 0) is 26.9 Å². The van der Waals surface area contributed by atoms with E-state index in [1.54, 1.807) is 6.33 Å². The third-order valence-corrected chi connectivity index (χ3v) is 5.29. The van der Waals surface area contributed by atoms with Gasteiger partial charge in [0, 0.05) is 32.3 Å². The average molecular weight is 319 g/mol. The van der Waals surface area contributed by atoms with Crippen LogP contribution in [0.1, 0.15) is 43.5 Å². The van der Waals surface area contributed by atoms with Gasteiger partial charge in [0.15, 0.2) is 0 Å². The number of carbonyl (C=O) groups excluding carboxylic acids is 1. The number of likely N-dealkylation sites (N-methyl/N-ethyl adjacent to an activating group) is 2. The Bertz CT molecular complexity index is 547. The third kappa shape index (κ3) is 3.28. The standard InChI is InChI=1S/C17H29N5O/c1-21(2)9-10-22(3)16(23)14-11-13-15(19-12-18-13)17(20-14)7-5-4-6-8-17/h12,14,20H,4-11H2,1-3H3,(H,18,19). The van der Waals surface area contributed by atoms with E-state index < -0.39 is 0 Å². The summed E-state index contributed by atoms with van der Waals surface area (Å²) in [7, 11) is 5.97. The number of hydrogen-bond donors (Lipinski definition) is 2. The number of H-pyrrole nitrogens is 1. The maximum atomic E-state index is 12.9. The van der Waals surface area contributed by atoms with Gasteiger partial charge in [0.2, 0.25) is 5.91 Å². The van der Waals surface area contributed by atoms with Crippen LogP contribution >= 0.6 is 0 Å². The molecule has 1 aromatic heterocycles. The molecule has 3 rings (SSSR count). The van der Waals surface area contributed by atoms with Crippen LogP contribution in [0.4, 0.5) is 0 Å². The maximum absolute atomic E-state index is 12.9. The highest BCUT2D eigenvalue weighted by Crippen LogP contribution is 2.40. The van der Waals surface area contributed by atoms with Crippen LogP contribution in [0.5, 0.6) is 0 Å². The number of hydrogen-bond acceptors (Lipinski definition) is 4. The van der Waals surface area contributed by atoms with Gasteiger partial charge in [-0.25, -0.2) is 4.98 Å². The lowest BCUT2D eigenvalue weighted by molar-refractivity contribution is -0.133. The Labute approximate surface area is 138 Å². The zero-order valence-electron chi connectivity index (χ0n) is 14.6. The van der Waals surface area contributed by atoms with Crippen molar-refractivity contribution >= 4 is 5.91 Å². The zero-order chi connectivity index (χ0) is 16.4. The molecule has 1 aliphatic heterocycles. The molecule has 2 heterocycles. The van der Waals surface area contributed by atoms with Crippen LogP contribution < -0.4 is 5.32 Å². The van der Waals surface area contributed by atoms with Crippen LogP contribution in [0, 0.1) is 0 Å². The molecule has 1 aliphatic carbocycles. The van der Waals surface area contributed by atoms with E-state index >= 15 is 0 Å². The second-order valence-corrected chi connectivity index (χ2v) is 7.34. The molecule has 0 aromatic carbocycles. The van der Waals surface area contributed by atoms with E-state index in [1.807, 2.05) is 26.0 Å². The fourth-order valence-corrected chi connectivity index (χ4v) is 3.96. The van der Waals surface area contributed by atoms with Crippen LogP contribution in [0.15, 0.2) is 6.33 Å². The van der Waals surface area contributed by atoms with Crippen molar-refractivity contribution in [3.63, 3.8) is 0 Å². The lowest BCUT2D eigenvalue weighted by atomic mass is 9.75. The summed E-state index contributed by atoms with van der Waals surface area (Å²) in [5, 5.41) is 3.69. The molecule has 1 amide bonds. The summed E-state index contributed by atoms with van der Waals surface area (Å²) < 4.78 is 0. The minimum atomic E-state index is -0.145. The third-order valence-electron chi connectivity index (χ3n) is 5.29. The van der Waals surface area contributed by atoms with Crippen molar-refractivity contribution in [1.82, 2.24) is 25.1 Å². The van der Waals surface area contributed by atoms with Gasteiger partial charge in [-0.15, -0.1) is 0 Å². The topological polar surface area (TPSA) is 64.3 Å². The Morgan fingerprint density at radius 2 is 2.00 bits per heavy atom.